The summed E-state index contributed by atoms with van der Waals surface area (Å²) in [6, 6.07) is 29.5. The Morgan fingerprint density at radius 2 is 1.40 bits per heavy atom. The van der Waals surface area contributed by atoms with Gasteiger partial charge in [0, 0.05) is 0 Å². The van der Waals surface area contributed by atoms with Gasteiger partial charge in [0.2, 0.25) is 0 Å². The molecule has 5 rings (SSSR count). The molecule has 35 heavy (non-hydrogen) atoms. The lowest BCUT2D eigenvalue weighted by Gasteiger charge is -2.43. The highest BCUT2D eigenvalue weighted by Gasteiger charge is 2.54. The Balaban J connectivity index is 1.35. The Hall–Kier alpha value is -2.70. The quantitative estimate of drug-likeness (QED) is 0.246. The molecule has 0 aromatic heterocycles. The van der Waals surface area contributed by atoms with Crippen LogP contribution in [0.2, 0.25) is 5.04 Å². The Morgan fingerprint density at radius 3 is 1.94 bits per heavy atom. The number of methoxy groups -OCH3 is 1. The van der Waals surface area contributed by atoms with E-state index in [0.717, 1.165) is 11.3 Å². The van der Waals surface area contributed by atoms with Crippen LogP contribution in [0, 0.1) is 0 Å². The fraction of sp³-hybridized carbons (Fsp3) is 0.333. The lowest BCUT2D eigenvalue weighted by atomic mass is 10.2. The second-order valence-corrected chi connectivity index (χ2v) is 14.6. The van der Waals surface area contributed by atoms with Gasteiger partial charge in [0.15, 0.2) is 0 Å². The van der Waals surface area contributed by atoms with E-state index in [9.17, 15) is 0 Å². The van der Waals surface area contributed by atoms with Crippen molar-refractivity contribution in [2.24, 2.45) is 0 Å². The van der Waals surface area contributed by atoms with Gasteiger partial charge >= 0.3 is 0 Å². The molecule has 3 aromatic carbocycles. The van der Waals surface area contributed by atoms with E-state index >= 15 is 0 Å². The van der Waals surface area contributed by atoms with Crippen LogP contribution < -0.4 is 15.1 Å². The molecule has 5 heteroatoms. The van der Waals surface area contributed by atoms with E-state index in [4.69, 9.17) is 18.6 Å². The molecule has 1 unspecified atom stereocenters. The van der Waals surface area contributed by atoms with Gasteiger partial charge in [-0.15, -0.1) is 0 Å². The first kappa shape index (κ1) is 24.0. The number of hydrogen-bond acceptors (Lipinski definition) is 4. The molecule has 4 nitrogen and oxygen atoms in total. The van der Waals surface area contributed by atoms with Crippen molar-refractivity contribution in [3.63, 3.8) is 0 Å². The van der Waals surface area contributed by atoms with Crippen LogP contribution in [0.4, 0.5) is 0 Å². The van der Waals surface area contributed by atoms with Crippen LogP contribution in [0.15, 0.2) is 96.6 Å². The third-order valence-electron chi connectivity index (χ3n) is 7.07. The van der Waals surface area contributed by atoms with Gasteiger partial charge in [-0.05, 0) is 44.8 Å². The zero-order chi connectivity index (χ0) is 24.5. The molecule has 1 aliphatic heterocycles. The largest absolute Gasteiger partial charge is 0.497 e. The summed E-state index contributed by atoms with van der Waals surface area (Å²) in [5.41, 5.74) is 2.32. The Kier molecular flexibility index (Phi) is 6.69. The summed E-state index contributed by atoms with van der Waals surface area (Å²) in [6.07, 6.45) is 2.39. The molecule has 0 amide bonds. The maximum atomic E-state index is 7.11. The SMILES string of the molecule is COc1ccc(CO[C@H]2C=C(CO[Si](c3ccccc3)(c3ccccc3)C(C)(C)C)C3O[C@@H]32)cc1. The van der Waals surface area contributed by atoms with Gasteiger partial charge in [0.1, 0.15) is 24.1 Å². The highest BCUT2D eigenvalue weighted by Crippen LogP contribution is 2.43. The van der Waals surface area contributed by atoms with Crippen molar-refractivity contribution in [1.82, 2.24) is 0 Å². The normalized spacial score (nSPS) is 21.4. The van der Waals surface area contributed by atoms with E-state index in [2.05, 4.69) is 87.5 Å². The first-order chi connectivity index (χ1) is 16.9. The van der Waals surface area contributed by atoms with Crippen LogP contribution in [0.5, 0.6) is 5.75 Å². The van der Waals surface area contributed by atoms with E-state index in [1.807, 2.05) is 24.3 Å². The second kappa shape index (κ2) is 9.74. The minimum atomic E-state index is -2.58. The average molecular weight is 487 g/mol. The molecule has 1 heterocycles. The lowest BCUT2D eigenvalue weighted by Crippen LogP contribution is -2.66. The number of epoxide rings is 1. The van der Waals surface area contributed by atoms with E-state index in [1.54, 1.807) is 7.11 Å². The number of ether oxygens (including phenoxy) is 3. The van der Waals surface area contributed by atoms with Gasteiger partial charge < -0.3 is 18.6 Å². The maximum Gasteiger partial charge on any atom is 0.261 e. The Morgan fingerprint density at radius 1 is 0.800 bits per heavy atom. The minimum Gasteiger partial charge on any atom is -0.497 e. The number of rotatable bonds is 9. The van der Waals surface area contributed by atoms with Crippen molar-refractivity contribution in [3.8, 4) is 5.75 Å². The maximum absolute atomic E-state index is 7.11. The van der Waals surface area contributed by atoms with E-state index in [1.165, 1.54) is 15.9 Å². The van der Waals surface area contributed by atoms with Crippen LogP contribution in [-0.2, 0) is 20.5 Å². The van der Waals surface area contributed by atoms with Crippen LogP contribution in [0.1, 0.15) is 26.3 Å². The van der Waals surface area contributed by atoms with Crippen LogP contribution in [-0.4, -0.2) is 40.3 Å². The monoisotopic (exact) mass is 486 g/mol. The Labute approximate surface area is 209 Å². The summed E-state index contributed by atoms with van der Waals surface area (Å²) in [7, 11) is -0.903. The van der Waals surface area contributed by atoms with Crippen molar-refractivity contribution in [3.05, 3.63) is 102 Å². The van der Waals surface area contributed by atoms with Gasteiger partial charge in [-0.2, -0.15) is 0 Å². The van der Waals surface area contributed by atoms with Crippen LogP contribution in [0.25, 0.3) is 0 Å². The molecule has 0 N–H and O–H groups in total. The summed E-state index contributed by atoms with van der Waals surface area (Å²) in [4.78, 5) is 0. The van der Waals surface area contributed by atoms with E-state index in [0.29, 0.717) is 13.2 Å². The number of benzene rings is 3. The molecule has 0 bridgehead atoms. The van der Waals surface area contributed by atoms with Crippen LogP contribution >= 0.6 is 0 Å². The molecule has 182 valence electrons. The molecule has 1 fully saturated rings. The van der Waals surface area contributed by atoms with Gasteiger partial charge in [0.25, 0.3) is 8.32 Å². The number of hydrogen-bond donors (Lipinski definition) is 0. The summed E-state index contributed by atoms with van der Waals surface area (Å²) in [5.74, 6) is 0.850. The van der Waals surface area contributed by atoms with Crippen molar-refractivity contribution in [1.29, 1.82) is 0 Å². The van der Waals surface area contributed by atoms with E-state index in [-0.39, 0.29) is 23.4 Å². The van der Waals surface area contributed by atoms with Gasteiger partial charge in [-0.3, -0.25) is 0 Å². The third-order valence-corrected chi connectivity index (χ3v) is 12.0. The first-order valence-corrected chi connectivity index (χ1v) is 14.2. The predicted octanol–water partition coefficient (Wildman–Crippen LogP) is 4.86. The van der Waals surface area contributed by atoms with Crippen molar-refractivity contribution in [2.75, 3.05) is 13.7 Å². The summed E-state index contributed by atoms with van der Waals surface area (Å²) in [6.45, 7) is 8.01. The zero-order valence-corrected chi connectivity index (χ0v) is 21.9. The van der Waals surface area contributed by atoms with Gasteiger partial charge in [-0.25, -0.2) is 0 Å². The van der Waals surface area contributed by atoms with Gasteiger partial charge in [-0.1, -0.05) is 93.6 Å². The summed E-state index contributed by atoms with van der Waals surface area (Å²) >= 11 is 0. The molecule has 3 atom stereocenters. The van der Waals surface area contributed by atoms with Crippen molar-refractivity contribution >= 4 is 18.7 Å². The zero-order valence-electron chi connectivity index (χ0n) is 20.9. The van der Waals surface area contributed by atoms with Gasteiger partial charge in [0.05, 0.1) is 20.3 Å². The third kappa shape index (κ3) is 4.74. The number of fused-ring (bicyclic) bond motifs is 1. The van der Waals surface area contributed by atoms with Crippen molar-refractivity contribution < 1.29 is 18.6 Å². The Bertz CT molecular complexity index is 1110. The topological polar surface area (TPSA) is 40.2 Å². The molecule has 0 spiro atoms. The molecule has 0 radical (unpaired) electrons. The summed E-state index contributed by atoms with van der Waals surface area (Å²) in [5, 5.41) is 2.53. The lowest BCUT2D eigenvalue weighted by molar-refractivity contribution is 0.0518. The van der Waals surface area contributed by atoms with Crippen molar-refractivity contribution in [2.45, 2.75) is 50.7 Å². The highest BCUT2D eigenvalue weighted by molar-refractivity contribution is 6.99. The molecule has 0 saturated carbocycles. The molecule has 2 aliphatic rings. The molecular weight excluding hydrogens is 452 g/mol. The summed E-state index contributed by atoms with van der Waals surface area (Å²) < 4.78 is 24.6. The highest BCUT2D eigenvalue weighted by atomic mass is 28.4. The fourth-order valence-corrected chi connectivity index (χ4v) is 9.75. The minimum absolute atomic E-state index is 0.0418. The molecular formula is C30H34O4Si. The van der Waals surface area contributed by atoms with Crippen LogP contribution in [0.3, 0.4) is 0 Å². The first-order valence-electron chi connectivity index (χ1n) is 12.3. The smallest absolute Gasteiger partial charge is 0.261 e. The average Bonchev–Trinajstić information content (AvgIpc) is 3.60. The molecule has 3 aromatic rings. The fourth-order valence-electron chi connectivity index (χ4n) is 5.21. The molecule has 1 saturated heterocycles. The van der Waals surface area contributed by atoms with E-state index < -0.39 is 8.32 Å². The predicted molar refractivity (Wildman–Crippen MR) is 142 cm³/mol. The molecule has 1 aliphatic carbocycles. The standard InChI is InChI=1S/C30H34O4Si/c1-30(2,3)35(25-11-7-5-8-12-25,26-13-9-6-10-14-26)33-21-23-19-27(29-28(23)34-29)32-20-22-15-17-24(31-4)18-16-22/h5-19,27-29H,20-21H2,1-4H3/t27-,28?,29+/m0/s1. The second-order valence-electron chi connectivity index (χ2n) is 10.3.